The van der Waals surface area contributed by atoms with Gasteiger partial charge in [0.1, 0.15) is 11.6 Å². The largest absolute Gasteiger partial charge is 0.493 e. The van der Waals surface area contributed by atoms with Crippen LogP contribution in [0.2, 0.25) is 0 Å². The van der Waals surface area contributed by atoms with Gasteiger partial charge >= 0.3 is 5.97 Å². The molecule has 5 aromatic rings. The molecule has 0 radical (unpaired) electrons. The topological polar surface area (TPSA) is 111 Å². The van der Waals surface area contributed by atoms with Gasteiger partial charge in [-0.05, 0) is 92.9 Å². The molecule has 0 spiro atoms. The second-order valence-corrected chi connectivity index (χ2v) is 11.4. The average molecular weight is 562 g/mol. The normalized spacial score (nSPS) is 13.5. The van der Waals surface area contributed by atoms with Crippen LogP contribution in [-0.2, 0) is 16.0 Å². The molecule has 8 heteroatoms. The van der Waals surface area contributed by atoms with Gasteiger partial charge in [0.2, 0.25) is 0 Å². The van der Waals surface area contributed by atoms with Gasteiger partial charge in [0.05, 0.1) is 23.2 Å². The highest BCUT2D eigenvalue weighted by Crippen LogP contribution is 2.45. The summed E-state index contributed by atoms with van der Waals surface area (Å²) in [5.41, 5.74) is 4.93. The molecule has 2 aromatic heterocycles. The SMILES string of the molecule is Cc1cc2nc(NC(=O)c3ccccc3)ccc2c(-c2ccc3c4c(ccnc24)CCO3)c1[C@H](OC(C)(C)C)C(=O)O. The van der Waals surface area contributed by atoms with Crippen molar-refractivity contribution >= 4 is 39.5 Å². The van der Waals surface area contributed by atoms with Crippen molar-refractivity contribution in [1.29, 1.82) is 0 Å². The number of ether oxygens (including phenoxy) is 2. The molecular weight excluding hydrogens is 530 g/mol. The van der Waals surface area contributed by atoms with E-state index < -0.39 is 17.7 Å². The summed E-state index contributed by atoms with van der Waals surface area (Å²) in [6.45, 7) is 7.96. The smallest absolute Gasteiger partial charge is 0.337 e. The van der Waals surface area contributed by atoms with E-state index in [2.05, 4.69) is 5.32 Å². The molecular formula is C34H31N3O5. The molecule has 2 N–H and O–H groups in total. The number of hydrogen-bond acceptors (Lipinski definition) is 6. The number of aromatic nitrogens is 2. The number of aryl methyl sites for hydroxylation is 1. The van der Waals surface area contributed by atoms with Crippen molar-refractivity contribution in [3.63, 3.8) is 0 Å². The summed E-state index contributed by atoms with van der Waals surface area (Å²) in [5.74, 6) is -0.217. The van der Waals surface area contributed by atoms with Crippen molar-refractivity contribution in [2.75, 3.05) is 11.9 Å². The predicted octanol–water partition coefficient (Wildman–Crippen LogP) is 6.89. The molecule has 1 amide bonds. The summed E-state index contributed by atoms with van der Waals surface area (Å²) in [4.78, 5) is 35.2. The first-order valence-electron chi connectivity index (χ1n) is 13.9. The van der Waals surface area contributed by atoms with Crippen molar-refractivity contribution in [3.8, 4) is 16.9 Å². The highest BCUT2D eigenvalue weighted by Gasteiger charge is 2.33. The molecule has 3 aromatic carbocycles. The number of carboxylic acid groups (broad SMARTS) is 1. The first kappa shape index (κ1) is 27.4. The second kappa shape index (κ2) is 10.5. The number of carbonyl (C=O) groups is 2. The van der Waals surface area contributed by atoms with Crippen molar-refractivity contribution in [2.45, 2.75) is 45.8 Å². The first-order chi connectivity index (χ1) is 20.1. The Morgan fingerprint density at radius 1 is 1.05 bits per heavy atom. The van der Waals surface area contributed by atoms with Crippen molar-refractivity contribution in [3.05, 3.63) is 95.2 Å². The van der Waals surface area contributed by atoms with Gasteiger partial charge in [-0.1, -0.05) is 18.2 Å². The maximum atomic E-state index is 12.8. The lowest BCUT2D eigenvalue weighted by atomic mass is 9.86. The number of carbonyl (C=O) groups excluding carboxylic acids is 1. The maximum absolute atomic E-state index is 12.8. The molecule has 0 bridgehead atoms. The minimum atomic E-state index is -1.25. The van der Waals surface area contributed by atoms with Gasteiger partial charge in [0.25, 0.3) is 5.91 Å². The lowest BCUT2D eigenvalue weighted by Gasteiger charge is -2.29. The third kappa shape index (κ3) is 5.05. The quantitative estimate of drug-likeness (QED) is 0.232. The molecule has 0 aliphatic carbocycles. The number of hydrogen-bond donors (Lipinski definition) is 2. The van der Waals surface area contributed by atoms with Gasteiger partial charge in [-0.3, -0.25) is 9.78 Å². The van der Waals surface area contributed by atoms with Crippen LogP contribution in [0.15, 0.2) is 72.9 Å². The van der Waals surface area contributed by atoms with Gasteiger partial charge < -0.3 is 19.9 Å². The Balaban J connectivity index is 1.60. The number of benzene rings is 3. The third-order valence-corrected chi connectivity index (χ3v) is 7.32. The van der Waals surface area contributed by atoms with Crippen LogP contribution in [0.3, 0.4) is 0 Å². The molecule has 1 atom stereocenters. The summed E-state index contributed by atoms with van der Waals surface area (Å²) in [5, 5.41) is 15.0. The number of nitrogens with zero attached hydrogens (tertiary/aromatic N) is 2. The van der Waals surface area contributed by atoms with Gasteiger partial charge in [-0.15, -0.1) is 0 Å². The van der Waals surface area contributed by atoms with Gasteiger partial charge in [0, 0.05) is 40.1 Å². The van der Waals surface area contributed by atoms with E-state index >= 15 is 0 Å². The molecule has 1 aliphatic rings. The summed E-state index contributed by atoms with van der Waals surface area (Å²) in [6.07, 6.45) is 1.29. The lowest BCUT2D eigenvalue weighted by Crippen LogP contribution is -2.28. The van der Waals surface area contributed by atoms with Crippen LogP contribution >= 0.6 is 0 Å². The van der Waals surface area contributed by atoms with Gasteiger partial charge in [0.15, 0.2) is 6.10 Å². The Morgan fingerprint density at radius 3 is 2.57 bits per heavy atom. The molecule has 0 saturated heterocycles. The zero-order chi connectivity index (χ0) is 29.6. The van der Waals surface area contributed by atoms with E-state index in [0.29, 0.717) is 40.2 Å². The Hall–Kier alpha value is -4.82. The third-order valence-electron chi connectivity index (χ3n) is 7.32. The average Bonchev–Trinajstić information content (AvgIpc) is 2.96. The molecule has 3 heterocycles. The van der Waals surface area contributed by atoms with Crippen LogP contribution in [0.25, 0.3) is 32.9 Å². The number of nitrogens with one attached hydrogen (secondary N) is 1. The predicted molar refractivity (Wildman–Crippen MR) is 162 cm³/mol. The molecule has 212 valence electrons. The highest BCUT2D eigenvalue weighted by atomic mass is 16.5. The minimum absolute atomic E-state index is 0.270. The van der Waals surface area contributed by atoms with E-state index in [1.54, 1.807) is 36.5 Å². The van der Waals surface area contributed by atoms with Crippen LogP contribution in [0.1, 0.15) is 53.9 Å². The van der Waals surface area contributed by atoms with Crippen LogP contribution in [0.4, 0.5) is 5.82 Å². The fraction of sp³-hybridized carbons (Fsp3) is 0.235. The molecule has 42 heavy (non-hydrogen) atoms. The van der Waals surface area contributed by atoms with E-state index in [1.807, 2.05) is 64.1 Å². The molecule has 1 aliphatic heterocycles. The molecule has 0 saturated carbocycles. The van der Waals surface area contributed by atoms with Gasteiger partial charge in [-0.2, -0.15) is 0 Å². The first-order valence-corrected chi connectivity index (χ1v) is 13.9. The fourth-order valence-electron chi connectivity index (χ4n) is 5.59. The number of anilines is 1. The molecule has 8 nitrogen and oxygen atoms in total. The second-order valence-electron chi connectivity index (χ2n) is 11.4. The van der Waals surface area contributed by atoms with Crippen LogP contribution in [-0.4, -0.2) is 39.2 Å². The van der Waals surface area contributed by atoms with Crippen molar-refractivity contribution in [2.24, 2.45) is 0 Å². The zero-order valence-corrected chi connectivity index (χ0v) is 23.9. The zero-order valence-electron chi connectivity index (χ0n) is 23.9. The van der Waals surface area contributed by atoms with Crippen molar-refractivity contribution in [1.82, 2.24) is 9.97 Å². The Bertz CT molecular complexity index is 1850. The molecule has 0 fully saturated rings. The fourth-order valence-corrected chi connectivity index (χ4v) is 5.59. The van der Waals surface area contributed by atoms with Crippen LogP contribution in [0, 0.1) is 6.92 Å². The van der Waals surface area contributed by atoms with Crippen LogP contribution < -0.4 is 10.1 Å². The van der Waals surface area contributed by atoms with Crippen LogP contribution in [0.5, 0.6) is 5.75 Å². The molecule has 0 unspecified atom stereocenters. The summed E-state index contributed by atoms with van der Waals surface area (Å²) in [7, 11) is 0. The van der Waals surface area contributed by atoms with E-state index in [0.717, 1.165) is 39.6 Å². The number of pyridine rings is 2. The number of carboxylic acids is 1. The Labute approximate surface area is 243 Å². The lowest BCUT2D eigenvalue weighted by molar-refractivity contribution is -0.160. The van der Waals surface area contributed by atoms with E-state index in [9.17, 15) is 14.7 Å². The number of rotatable bonds is 6. The summed E-state index contributed by atoms with van der Waals surface area (Å²) >= 11 is 0. The van der Waals surface area contributed by atoms with E-state index in [4.69, 9.17) is 19.4 Å². The van der Waals surface area contributed by atoms with E-state index in [1.165, 1.54) is 0 Å². The molecule has 6 rings (SSSR count). The van der Waals surface area contributed by atoms with E-state index in [-0.39, 0.29) is 5.91 Å². The number of amides is 1. The monoisotopic (exact) mass is 561 g/mol. The standard InChI is InChI=1S/C34H31N3O5/c1-19-18-24-22(11-13-26(36-24)37-32(38)21-8-6-5-7-9-21)29(27(19)31(33(39)40)42-34(2,3)4)23-10-12-25-28-20(15-17-41-25)14-16-35-30(23)28/h5-14,16,18,31H,15,17H2,1-4H3,(H,39,40)(H,36,37,38)/t31-/m0/s1. The Kier molecular flexibility index (Phi) is 6.86. The summed E-state index contributed by atoms with van der Waals surface area (Å²) < 4.78 is 12.1. The van der Waals surface area contributed by atoms with Gasteiger partial charge in [-0.25, -0.2) is 9.78 Å². The van der Waals surface area contributed by atoms with Crippen molar-refractivity contribution < 1.29 is 24.2 Å². The summed E-state index contributed by atoms with van der Waals surface area (Å²) in [6, 6.07) is 20.2. The highest BCUT2D eigenvalue weighted by molar-refractivity contribution is 6.09. The number of fused-ring (bicyclic) bond motifs is 1. The Morgan fingerprint density at radius 2 is 1.83 bits per heavy atom. The number of aliphatic carboxylic acids is 1. The maximum Gasteiger partial charge on any atom is 0.337 e. The minimum Gasteiger partial charge on any atom is -0.493 e.